The maximum Gasteiger partial charge on any atom is 0.390 e. The molecule has 1 N–H and O–H groups in total. The Hall–Kier alpha value is -0.270. The van der Waals surface area contributed by atoms with Gasteiger partial charge in [-0.1, -0.05) is 17.7 Å². The molecule has 0 aliphatic carbocycles. The standard InChI is InChI=1S/C14H17ClF4N2.2ClH/c1-9-2-3-10(16)12(13(9)15)11(8-14(17,18)19)21-6-4-20-5-7-21;;/h2-3,11,20H,4-8H2,1H3;2*1H/t11-;;/m1../s1. The highest BCUT2D eigenvalue weighted by molar-refractivity contribution is 6.32. The Balaban J connectivity index is 0.00000242. The van der Waals surface area contributed by atoms with Gasteiger partial charge in [-0.25, -0.2) is 4.39 Å². The number of alkyl halides is 3. The van der Waals surface area contributed by atoms with Gasteiger partial charge in [-0.05, 0) is 18.6 Å². The van der Waals surface area contributed by atoms with Crippen molar-refractivity contribution in [1.29, 1.82) is 0 Å². The molecule has 1 aliphatic rings. The zero-order valence-electron chi connectivity index (χ0n) is 12.4. The quantitative estimate of drug-likeness (QED) is 0.754. The van der Waals surface area contributed by atoms with Crippen LogP contribution in [0.1, 0.15) is 23.6 Å². The van der Waals surface area contributed by atoms with Crippen molar-refractivity contribution in [3.63, 3.8) is 0 Å². The minimum atomic E-state index is -4.38. The highest BCUT2D eigenvalue weighted by Crippen LogP contribution is 2.39. The van der Waals surface area contributed by atoms with E-state index in [1.54, 1.807) is 11.8 Å². The van der Waals surface area contributed by atoms with Crippen LogP contribution in [0.25, 0.3) is 0 Å². The van der Waals surface area contributed by atoms with E-state index in [9.17, 15) is 17.6 Å². The smallest absolute Gasteiger partial charge is 0.314 e. The van der Waals surface area contributed by atoms with E-state index >= 15 is 0 Å². The average molecular weight is 398 g/mol. The Morgan fingerprint density at radius 2 is 1.78 bits per heavy atom. The van der Waals surface area contributed by atoms with Crippen LogP contribution in [0.4, 0.5) is 17.6 Å². The van der Waals surface area contributed by atoms with Crippen LogP contribution in [0.3, 0.4) is 0 Å². The summed E-state index contributed by atoms with van der Waals surface area (Å²) in [5.74, 6) is -0.682. The first-order valence-electron chi connectivity index (χ1n) is 6.75. The largest absolute Gasteiger partial charge is 0.390 e. The first-order chi connectivity index (χ1) is 9.79. The minimum Gasteiger partial charge on any atom is -0.314 e. The summed E-state index contributed by atoms with van der Waals surface area (Å²) in [6.07, 6.45) is -5.48. The molecule has 0 bridgehead atoms. The van der Waals surface area contributed by atoms with Gasteiger partial charge in [0.1, 0.15) is 5.82 Å². The van der Waals surface area contributed by atoms with E-state index in [1.165, 1.54) is 12.1 Å². The number of nitrogens with zero attached hydrogens (tertiary/aromatic N) is 1. The van der Waals surface area contributed by atoms with Crippen LogP contribution < -0.4 is 5.32 Å². The normalized spacial score (nSPS) is 17.1. The summed E-state index contributed by atoms with van der Waals surface area (Å²) in [5, 5.41) is 3.16. The van der Waals surface area contributed by atoms with Gasteiger partial charge in [0.2, 0.25) is 0 Å². The number of hydrogen-bond donors (Lipinski definition) is 1. The van der Waals surface area contributed by atoms with E-state index in [0.29, 0.717) is 31.7 Å². The summed E-state index contributed by atoms with van der Waals surface area (Å²) >= 11 is 6.09. The second-order valence-corrected chi connectivity index (χ2v) is 5.59. The predicted molar refractivity (Wildman–Crippen MR) is 88.5 cm³/mol. The lowest BCUT2D eigenvalue weighted by atomic mass is 9.98. The Kier molecular flexibility index (Phi) is 9.17. The fourth-order valence-electron chi connectivity index (χ4n) is 2.61. The average Bonchev–Trinajstić information content (AvgIpc) is 2.42. The molecule has 1 saturated heterocycles. The molecular formula is C14H19Cl3F4N2. The van der Waals surface area contributed by atoms with Crippen molar-refractivity contribution in [3.05, 3.63) is 34.1 Å². The number of aryl methyl sites for hydroxylation is 1. The topological polar surface area (TPSA) is 15.3 Å². The first kappa shape index (κ1) is 22.7. The third-order valence-corrected chi connectivity index (χ3v) is 4.17. The Morgan fingerprint density at radius 3 is 2.30 bits per heavy atom. The second kappa shape index (κ2) is 9.28. The number of hydrogen-bond acceptors (Lipinski definition) is 2. The van der Waals surface area contributed by atoms with Gasteiger partial charge >= 0.3 is 6.18 Å². The van der Waals surface area contributed by atoms with E-state index in [2.05, 4.69) is 5.32 Å². The van der Waals surface area contributed by atoms with Gasteiger partial charge < -0.3 is 5.32 Å². The van der Waals surface area contributed by atoms with Gasteiger partial charge in [-0.2, -0.15) is 13.2 Å². The van der Waals surface area contributed by atoms with E-state index in [-0.39, 0.29) is 35.4 Å². The fourth-order valence-corrected chi connectivity index (χ4v) is 2.89. The van der Waals surface area contributed by atoms with Crippen LogP contribution in [-0.4, -0.2) is 37.3 Å². The lowest BCUT2D eigenvalue weighted by molar-refractivity contribution is -0.149. The molecule has 2 rings (SSSR count). The third kappa shape index (κ3) is 5.94. The zero-order chi connectivity index (χ0) is 15.6. The molecule has 1 heterocycles. The summed E-state index contributed by atoms with van der Waals surface area (Å²) in [6.45, 7) is 3.70. The second-order valence-electron chi connectivity index (χ2n) is 5.21. The van der Waals surface area contributed by atoms with Crippen molar-refractivity contribution in [2.45, 2.75) is 25.6 Å². The fraction of sp³-hybridized carbons (Fsp3) is 0.571. The highest BCUT2D eigenvalue weighted by atomic mass is 35.5. The molecule has 9 heteroatoms. The van der Waals surface area contributed by atoms with Gasteiger partial charge in [-0.3, -0.25) is 4.90 Å². The monoisotopic (exact) mass is 396 g/mol. The van der Waals surface area contributed by atoms with E-state index in [0.717, 1.165) is 0 Å². The maximum atomic E-state index is 14.1. The molecule has 0 saturated carbocycles. The SMILES string of the molecule is Cc1ccc(F)c([C@@H](CC(F)(F)F)N2CCNCC2)c1Cl.Cl.Cl. The number of nitrogens with one attached hydrogen (secondary N) is 1. The van der Waals surface area contributed by atoms with Crippen molar-refractivity contribution in [1.82, 2.24) is 10.2 Å². The molecule has 0 unspecified atom stereocenters. The third-order valence-electron chi connectivity index (χ3n) is 3.67. The lowest BCUT2D eigenvalue weighted by Gasteiger charge is -2.36. The number of piperazine rings is 1. The molecule has 1 aromatic carbocycles. The van der Waals surface area contributed by atoms with Crippen LogP contribution in [0.5, 0.6) is 0 Å². The van der Waals surface area contributed by atoms with Crippen LogP contribution in [0.2, 0.25) is 5.02 Å². The minimum absolute atomic E-state index is 0. The first-order valence-corrected chi connectivity index (χ1v) is 7.13. The molecular weight excluding hydrogens is 379 g/mol. The summed E-state index contributed by atoms with van der Waals surface area (Å²) in [5.41, 5.74) is 0.534. The number of benzene rings is 1. The molecule has 0 aromatic heterocycles. The zero-order valence-corrected chi connectivity index (χ0v) is 14.8. The summed E-state index contributed by atoms with van der Waals surface area (Å²) < 4.78 is 52.8. The number of rotatable bonds is 3. The molecule has 0 spiro atoms. The van der Waals surface area contributed by atoms with Crippen molar-refractivity contribution in [2.75, 3.05) is 26.2 Å². The van der Waals surface area contributed by atoms with Crippen LogP contribution >= 0.6 is 36.4 Å². The number of halogens is 7. The van der Waals surface area contributed by atoms with Gasteiger partial charge in [0.05, 0.1) is 11.4 Å². The van der Waals surface area contributed by atoms with Crippen molar-refractivity contribution in [3.8, 4) is 0 Å². The maximum absolute atomic E-state index is 14.1. The van der Waals surface area contributed by atoms with Crippen LogP contribution in [0.15, 0.2) is 12.1 Å². The molecule has 0 amide bonds. The Bertz CT molecular complexity index is 506. The summed E-state index contributed by atoms with van der Waals surface area (Å²) in [6, 6.07) is 1.57. The molecule has 23 heavy (non-hydrogen) atoms. The Labute approximate surface area is 150 Å². The highest BCUT2D eigenvalue weighted by Gasteiger charge is 2.38. The molecule has 1 aliphatic heterocycles. The van der Waals surface area contributed by atoms with E-state index < -0.39 is 24.5 Å². The lowest BCUT2D eigenvalue weighted by Crippen LogP contribution is -2.46. The van der Waals surface area contributed by atoms with Gasteiger partial charge in [0.15, 0.2) is 0 Å². The predicted octanol–water partition coefficient (Wildman–Crippen LogP) is 4.53. The van der Waals surface area contributed by atoms with Gasteiger partial charge in [0.25, 0.3) is 0 Å². The molecule has 1 atom stereocenters. The summed E-state index contributed by atoms with van der Waals surface area (Å²) in [7, 11) is 0. The van der Waals surface area contributed by atoms with Crippen LogP contribution in [0, 0.1) is 12.7 Å². The van der Waals surface area contributed by atoms with Gasteiger partial charge in [-0.15, -0.1) is 24.8 Å². The Morgan fingerprint density at radius 1 is 1.22 bits per heavy atom. The van der Waals surface area contributed by atoms with Crippen molar-refractivity contribution >= 4 is 36.4 Å². The molecule has 2 nitrogen and oxygen atoms in total. The van der Waals surface area contributed by atoms with Crippen molar-refractivity contribution in [2.24, 2.45) is 0 Å². The van der Waals surface area contributed by atoms with Crippen LogP contribution in [-0.2, 0) is 0 Å². The van der Waals surface area contributed by atoms with E-state index in [1.807, 2.05) is 0 Å². The van der Waals surface area contributed by atoms with E-state index in [4.69, 9.17) is 11.6 Å². The molecule has 1 fully saturated rings. The van der Waals surface area contributed by atoms with Gasteiger partial charge in [0, 0.05) is 37.8 Å². The summed E-state index contributed by atoms with van der Waals surface area (Å²) in [4.78, 5) is 1.65. The van der Waals surface area contributed by atoms with Crippen molar-refractivity contribution < 1.29 is 17.6 Å². The molecule has 134 valence electrons. The molecule has 1 aromatic rings. The molecule has 0 radical (unpaired) electrons.